The predicted octanol–water partition coefficient (Wildman–Crippen LogP) is 2.14. The van der Waals surface area contributed by atoms with Gasteiger partial charge in [-0.15, -0.1) is 12.4 Å². The maximum Gasteiger partial charge on any atom is 0.408 e. The summed E-state index contributed by atoms with van der Waals surface area (Å²) in [6.07, 6.45) is 1.37. The summed E-state index contributed by atoms with van der Waals surface area (Å²) in [5.74, 6) is -1.89. The van der Waals surface area contributed by atoms with Crippen LogP contribution in [0.1, 0.15) is 64.0 Å². The molecule has 0 unspecified atom stereocenters. The molecular weight excluding hydrogens is 676 g/mol. The van der Waals surface area contributed by atoms with Crippen molar-refractivity contribution in [2.24, 2.45) is 22.4 Å². The number of likely N-dealkylation sites (tertiary alicyclic amines) is 1. The van der Waals surface area contributed by atoms with Crippen LogP contribution < -0.4 is 32.7 Å². The van der Waals surface area contributed by atoms with Crippen molar-refractivity contribution in [3.63, 3.8) is 0 Å². The average Bonchev–Trinajstić information content (AvgIpc) is 3.59. The number of benzene rings is 2. The number of carbonyl (C=O) groups is 5. The topological polar surface area (TPSA) is 210 Å². The van der Waals surface area contributed by atoms with Crippen LogP contribution in [0, 0.1) is 5.92 Å². The quantitative estimate of drug-likeness (QED) is 0.0759. The molecule has 8 N–H and O–H groups in total. The number of amides is 5. The molecule has 14 nitrogen and oxygen atoms in total. The van der Waals surface area contributed by atoms with Crippen molar-refractivity contribution in [3.8, 4) is 0 Å². The minimum atomic E-state index is -1.07. The van der Waals surface area contributed by atoms with Crippen LogP contribution in [0.5, 0.6) is 0 Å². The highest BCUT2D eigenvalue weighted by Gasteiger charge is 2.38. The molecule has 280 valence electrons. The van der Waals surface area contributed by atoms with Crippen LogP contribution in [0.2, 0.25) is 0 Å². The number of halogens is 1. The fraction of sp³-hybridized carbons (Fsp3) is 0.500. The third kappa shape index (κ3) is 14.5. The first-order chi connectivity index (χ1) is 24.0. The fourth-order valence-electron chi connectivity index (χ4n) is 5.77. The van der Waals surface area contributed by atoms with Crippen LogP contribution in [0.25, 0.3) is 0 Å². The van der Waals surface area contributed by atoms with E-state index in [0.29, 0.717) is 32.4 Å². The molecule has 3 rings (SSSR count). The first-order valence-corrected chi connectivity index (χ1v) is 17.2. The minimum Gasteiger partial charge on any atom is -0.445 e. The van der Waals surface area contributed by atoms with Gasteiger partial charge in [-0.25, -0.2) is 4.79 Å². The summed E-state index contributed by atoms with van der Waals surface area (Å²) in [7, 11) is 0. The molecule has 4 atom stereocenters. The van der Waals surface area contributed by atoms with E-state index in [4.69, 9.17) is 16.2 Å². The third-order valence-corrected chi connectivity index (χ3v) is 8.19. The molecule has 0 saturated carbocycles. The second-order valence-corrected chi connectivity index (χ2v) is 12.7. The van der Waals surface area contributed by atoms with Crippen LogP contribution in [-0.4, -0.2) is 84.4 Å². The Hall–Kier alpha value is -4.85. The zero-order chi connectivity index (χ0) is 36.5. The molecule has 1 heterocycles. The van der Waals surface area contributed by atoms with Gasteiger partial charge in [0.25, 0.3) is 0 Å². The summed E-state index contributed by atoms with van der Waals surface area (Å²) >= 11 is 0. The number of aliphatic imine (C=N–C) groups is 1. The zero-order valence-electron chi connectivity index (χ0n) is 29.6. The lowest BCUT2D eigenvalue weighted by Gasteiger charge is -2.30. The van der Waals surface area contributed by atoms with Gasteiger partial charge in [0.05, 0.1) is 0 Å². The van der Waals surface area contributed by atoms with Crippen LogP contribution in [-0.2, 0) is 36.9 Å². The minimum absolute atomic E-state index is 0. The second kappa shape index (κ2) is 22.1. The number of nitrogens with zero attached hydrogens (tertiary/aromatic N) is 2. The average molecular weight is 729 g/mol. The summed E-state index contributed by atoms with van der Waals surface area (Å²) in [6.45, 7) is 6.68. The summed E-state index contributed by atoms with van der Waals surface area (Å²) in [5.41, 5.74) is 12.5. The number of carbonyl (C=O) groups excluding carboxylic acids is 5. The van der Waals surface area contributed by atoms with Gasteiger partial charge in [0.15, 0.2) is 5.96 Å². The van der Waals surface area contributed by atoms with Gasteiger partial charge < -0.3 is 42.4 Å². The van der Waals surface area contributed by atoms with E-state index in [9.17, 15) is 24.0 Å². The summed E-state index contributed by atoms with van der Waals surface area (Å²) in [4.78, 5) is 72.7. The number of rotatable bonds is 18. The van der Waals surface area contributed by atoms with Crippen molar-refractivity contribution in [2.45, 2.75) is 90.1 Å². The van der Waals surface area contributed by atoms with Crippen molar-refractivity contribution in [1.82, 2.24) is 26.2 Å². The maximum atomic E-state index is 13.9. The highest BCUT2D eigenvalue weighted by Crippen LogP contribution is 2.20. The normalized spacial score (nSPS) is 15.4. The zero-order valence-corrected chi connectivity index (χ0v) is 30.5. The first-order valence-electron chi connectivity index (χ1n) is 17.2. The van der Waals surface area contributed by atoms with Crippen molar-refractivity contribution >= 4 is 48.1 Å². The van der Waals surface area contributed by atoms with Gasteiger partial charge in [-0.1, -0.05) is 74.5 Å². The van der Waals surface area contributed by atoms with Gasteiger partial charge >= 0.3 is 6.09 Å². The monoisotopic (exact) mass is 728 g/mol. The lowest BCUT2D eigenvalue weighted by Crippen LogP contribution is -2.58. The molecule has 51 heavy (non-hydrogen) atoms. The molecule has 0 aromatic heterocycles. The van der Waals surface area contributed by atoms with E-state index in [2.05, 4.69) is 26.3 Å². The summed E-state index contributed by atoms with van der Waals surface area (Å²) in [5, 5.41) is 11.1. The highest BCUT2D eigenvalue weighted by atomic mass is 35.5. The van der Waals surface area contributed by atoms with E-state index >= 15 is 0 Å². The Labute approximate surface area is 306 Å². The molecule has 5 amide bonds. The smallest absolute Gasteiger partial charge is 0.408 e. The van der Waals surface area contributed by atoms with Crippen LogP contribution in [0.3, 0.4) is 0 Å². The Bertz CT molecular complexity index is 1440. The lowest BCUT2D eigenvalue weighted by molar-refractivity contribution is -0.142. The van der Waals surface area contributed by atoms with Gasteiger partial charge in [0.1, 0.15) is 30.8 Å². The number of ether oxygens (including phenoxy) is 1. The summed E-state index contributed by atoms with van der Waals surface area (Å²) in [6, 6.07) is 14.6. The van der Waals surface area contributed by atoms with E-state index in [1.807, 2.05) is 81.4 Å². The molecule has 1 aliphatic heterocycles. The third-order valence-electron chi connectivity index (χ3n) is 8.19. The van der Waals surface area contributed by atoms with Gasteiger partial charge in [0.2, 0.25) is 23.6 Å². The number of guanidine groups is 1. The van der Waals surface area contributed by atoms with Gasteiger partial charge in [-0.05, 0) is 56.1 Å². The summed E-state index contributed by atoms with van der Waals surface area (Å²) < 4.78 is 5.39. The molecule has 2 aromatic rings. The largest absolute Gasteiger partial charge is 0.445 e. The van der Waals surface area contributed by atoms with Crippen molar-refractivity contribution in [1.29, 1.82) is 0 Å². The molecule has 0 radical (unpaired) electrons. The number of nitrogens with one attached hydrogen (secondary N) is 4. The molecule has 0 aliphatic carbocycles. The van der Waals surface area contributed by atoms with Gasteiger partial charge in [-0.3, -0.25) is 24.2 Å². The van der Waals surface area contributed by atoms with E-state index < -0.39 is 48.0 Å². The number of likely N-dealkylation sites (N-methyl/N-ethyl adjacent to an activating group) is 1. The van der Waals surface area contributed by atoms with E-state index in [-0.39, 0.29) is 62.6 Å². The van der Waals surface area contributed by atoms with E-state index in [0.717, 1.165) is 11.1 Å². The molecule has 15 heteroatoms. The molecule has 1 fully saturated rings. The second-order valence-electron chi connectivity index (χ2n) is 12.7. The molecular formula is C36H53ClN8O6. The number of hydrogen-bond acceptors (Lipinski definition) is 7. The lowest BCUT2D eigenvalue weighted by atomic mass is 10.00. The van der Waals surface area contributed by atoms with Gasteiger partial charge in [0, 0.05) is 26.1 Å². The molecule has 0 spiro atoms. The Kier molecular flexibility index (Phi) is 18.3. The van der Waals surface area contributed by atoms with E-state index in [1.165, 1.54) is 4.90 Å². The molecule has 0 bridgehead atoms. The Morgan fingerprint density at radius 3 is 2.10 bits per heavy atom. The van der Waals surface area contributed by atoms with Crippen LogP contribution >= 0.6 is 12.4 Å². The Morgan fingerprint density at radius 2 is 1.49 bits per heavy atom. The first kappa shape index (κ1) is 42.3. The number of alkyl carbamates (subject to hydrolysis) is 1. The maximum absolute atomic E-state index is 13.9. The van der Waals surface area contributed by atoms with Gasteiger partial charge in [-0.2, -0.15) is 0 Å². The van der Waals surface area contributed by atoms with E-state index in [1.54, 1.807) is 0 Å². The fourth-order valence-corrected chi connectivity index (χ4v) is 5.77. The Morgan fingerprint density at radius 1 is 0.882 bits per heavy atom. The predicted molar refractivity (Wildman–Crippen MR) is 198 cm³/mol. The molecule has 1 saturated heterocycles. The van der Waals surface area contributed by atoms with Crippen LogP contribution in [0.15, 0.2) is 65.7 Å². The standard InChI is InChI=1S/C36H52N8O6.ClH/c1-4-39-33(47)30-18-12-20-44(30)34(48)27(17-11-19-40-35(37)38)41-31(45)28(21-24(2)3)42-32(46)29(22-25-13-7-5-8-14-25)43-36(49)50-23-26-15-9-6-10-16-26;/h5-10,13-16,24,27-30H,4,11-12,17-23H2,1-3H3,(H,39,47)(H,41,45)(H,42,46)(H,43,49)(H4,37,38,40);1H/t27-,28-,29+,30-;/m0./s1. The highest BCUT2D eigenvalue weighted by molar-refractivity contribution is 5.95. The van der Waals surface area contributed by atoms with Crippen LogP contribution in [0.4, 0.5) is 4.79 Å². The SMILES string of the molecule is CCNC(=O)[C@@H]1CCCN1C(=O)[C@H](CCCN=C(N)N)NC(=O)[C@H](CC(C)C)NC(=O)[C@@H](Cc1ccccc1)NC(=O)OCc1ccccc1.Cl. The molecule has 1 aliphatic rings. The number of hydrogen-bond donors (Lipinski definition) is 6. The van der Waals surface area contributed by atoms with Crippen molar-refractivity contribution < 1.29 is 28.7 Å². The van der Waals surface area contributed by atoms with Crippen molar-refractivity contribution in [3.05, 3.63) is 71.8 Å². The number of nitrogens with two attached hydrogens (primary N) is 2. The van der Waals surface area contributed by atoms with Crippen molar-refractivity contribution in [2.75, 3.05) is 19.6 Å². The Balaban J connectivity index is 0.00000901. The molecule has 2 aromatic carbocycles.